The number of aromatic nitrogens is 2. The minimum absolute atomic E-state index is 0.258. The normalized spacial score (nSPS) is 12.4. The fourth-order valence-corrected chi connectivity index (χ4v) is 1.93. The van der Waals surface area contributed by atoms with Crippen molar-refractivity contribution in [1.29, 1.82) is 0 Å². The van der Waals surface area contributed by atoms with Gasteiger partial charge in [0.1, 0.15) is 12.4 Å². The van der Waals surface area contributed by atoms with E-state index in [2.05, 4.69) is 4.98 Å². The van der Waals surface area contributed by atoms with Crippen molar-refractivity contribution in [2.24, 2.45) is 12.8 Å². The Morgan fingerprint density at radius 1 is 1.32 bits per heavy atom. The van der Waals surface area contributed by atoms with Crippen LogP contribution in [0.4, 0.5) is 0 Å². The van der Waals surface area contributed by atoms with Gasteiger partial charge >= 0.3 is 0 Å². The van der Waals surface area contributed by atoms with Gasteiger partial charge in [0, 0.05) is 19.7 Å². The predicted octanol–water partition coefficient (Wildman–Crippen LogP) is 1.49. The molecule has 5 nitrogen and oxygen atoms in total. The molecule has 1 unspecified atom stereocenters. The first-order valence-corrected chi connectivity index (χ1v) is 6.16. The van der Waals surface area contributed by atoms with E-state index in [1.54, 1.807) is 19.6 Å². The van der Waals surface area contributed by atoms with Crippen LogP contribution in [0.25, 0.3) is 0 Å². The third-order valence-electron chi connectivity index (χ3n) is 2.97. The maximum Gasteiger partial charge on any atom is 0.124 e. The second-order valence-corrected chi connectivity index (χ2v) is 4.29. The Morgan fingerprint density at radius 2 is 2.11 bits per heavy atom. The molecule has 19 heavy (non-hydrogen) atoms. The van der Waals surface area contributed by atoms with Crippen LogP contribution >= 0.6 is 0 Å². The Balaban J connectivity index is 2.21. The van der Waals surface area contributed by atoms with Gasteiger partial charge in [0.2, 0.25) is 0 Å². The van der Waals surface area contributed by atoms with Gasteiger partial charge in [-0.3, -0.25) is 0 Å². The lowest BCUT2D eigenvalue weighted by Gasteiger charge is -2.17. The van der Waals surface area contributed by atoms with E-state index in [0.29, 0.717) is 13.2 Å². The molecule has 102 valence electrons. The number of imidazole rings is 1. The Labute approximate surface area is 113 Å². The van der Waals surface area contributed by atoms with Crippen molar-refractivity contribution >= 4 is 0 Å². The highest BCUT2D eigenvalue weighted by Gasteiger charge is 2.16. The monoisotopic (exact) mass is 261 g/mol. The summed E-state index contributed by atoms with van der Waals surface area (Å²) >= 11 is 0. The van der Waals surface area contributed by atoms with Crippen molar-refractivity contribution in [1.82, 2.24) is 9.55 Å². The number of para-hydroxylation sites is 1. The minimum atomic E-state index is -0.258. The predicted molar refractivity (Wildman–Crippen MR) is 73.1 cm³/mol. The second kappa shape index (κ2) is 6.36. The molecule has 0 aliphatic heterocycles. The van der Waals surface area contributed by atoms with Crippen LogP contribution in [0.15, 0.2) is 36.8 Å². The molecule has 0 aliphatic rings. The zero-order chi connectivity index (χ0) is 13.7. The summed E-state index contributed by atoms with van der Waals surface area (Å²) in [5.74, 6) is 0.785. The van der Waals surface area contributed by atoms with E-state index >= 15 is 0 Å². The van der Waals surface area contributed by atoms with Gasteiger partial charge in [-0.25, -0.2) is 4.98 Å². The van der Waals surface area contributed by atoms with Crippen molar-refractivity contribution in [2.75, 3.05) is 20.3 Å². The summed E-state index contributed by atoms with van der Waals surface area (Å²) in [5, 5.41) is 0. The van der Waals surface area contributed by atoms with Gasteiger partial charge in [0.25, 0.3) is 0 Å². The molecule has 2 aromatic rings. The van der Waals surface area contributed by atoms with Gasteiger partial charge in [-0.1, -0.05) is 18.2 Å². The fourth-order valence-electron chi connectivity index (χ4n) is 1.93. The molecule has 0 fully saturated rings. The van der Waals surface area contributed by atoms with Crippen LogP contribution in [0, 0.1) is 0 Å². The smallest absolute Gasteiger partial charge is 0.124 e. The summed E-state index contributed by atoms with van der Waals surface area (Å²) in [6, 6.07) is 7.52. The van der Waals surface area contributed by atoms with Crippen molar-refractivity contribution in [2.45, 2.75) is 6.04 Å². The van der Waals surface area contributed by atoms with E-state index < -0.39 is 0 Å². The van der Waals surface area contributed by atoms with Crippen molar-refractivity contribution < 1.29 is 9.47 Å². The van der Waals surface area contributed by atoms with E-state index in [1.165, 1.54) is 0 Å². The number of nitrogens with two attached hydrogens (primary N) is 1. The van der Waals surface area contributed by atoms with Gasteiger partial charge in [-0.15, -0.1) is 0 Å². The standard InChI is InChI=1S/C14H19N3O2/c1-17-10-16-9-12(17)14(15)11-5-3-4-6-13(11)19-8-7-18-2/h3-6,9-10,14H,7-8,15H2,1-2H3. The quantitative estimate of drug-likeness (QED) is 0.800. The van der Waals surface area contributed by atoms with Crippen LogP contribution in [-0.4, -0.2) is 29.9 Å². The fraction of sp³-hybridized carbons (Fsp3) is 0.357. The molecule has 0 spiro atoms. The van der Waals surface area contributed by atoms with Crippen molar-refractivity contribution in [3.05, 3.63) is 48.0 Å². The summed E-state index contributed by atoms with van der Waals surface area (Å²) in [5.41, 5.74) is 8.19. The molecule has 0 saturated carbocycles. The maximum absolute atomic E-state index is 6.29. The number of nitrogens with zero attached hydrogens (tertiary/aromatic N) is 2. The highest BCUT2D eigenvalue weighted by atomic mass is 16.5. The van der Waals surface area contributed by atoms with Crippen molar-refractivity contribution in [3.8, 4) is 5.75 Å². The highest BCUT2D eigenvalue weighted by Crippen LogP contribution is 2.27. The molecule has 2 N–H and O–H groups in total. The van der Waals surface area contributed by atoms with Crippen molar-refractivity contribution in [3.63, 3.8) is 0 Å². The summed E-state index contributed by atoms with van der Waals surface area (Å²) in [6.07, 6.45) is 3.51. The van der Waals surface area contributed by atoms with Crippen LogP contribution in [0.3, 0.4) is 0 Å². The SMILES string of the molecule is COCCOc1ccccc1C(N)c1cncn1C. The first-order chi connectivity index (χ1) is 9.24. The van der Waals surface area contributed by atoms with Crippen LogP contribution in [0.1, 0.15) is 17.3 Å². The molecule has 2 rings (SSSR count). The largest absolute Gasteiger partial charge is 0.491 e. The molecular weight excluding hydrogens is 242 g/mol. The molecular formula is C14H19N3O2. The zero-order valence-corrected chi connectivity index (χ0v) is 11.2. The number of hydrogen-bond donors (Lipinski definition) is 1. The number of rotatable bonds is 6. The molecule has 1 aromatic carbocycles. The Kier molecular flexibility index (Phi) is 4.54. The maximum atomic E-state index is 6.29. The van der Waals surface area contributed by atoms with E-state index in [1.807, 2.05) is 35.9 Å². The van der Waals surface area contributed by atoms with Gasteiger partial charge in [-0.2, -0.15) is 0 Å². The molecule has 5 heteroatoms. The molecule has 0 radical (unpaired) electrons. The summed E-state index contributed by atoms with van der Waals surface area (Å²) < 4.78 is 12.6. The minimum Gasteiger partial charge on any atom is -0.491 e. The summed E-state index contributed by atoms with van der Waals surface area (Å²) in [7, 11) is 3.58. The van der Waals surface area contributed by atoms with Gasteiger partial charge in [0.15, 0.2) is 0 Å². The third-order valence-corrected chi connectivity index (χ3v) is 2.97. The van der Waals surface area contributed by atoms with Crippen LogP contribution in [0.2, 0.25) is 0 Å². The number of aryl methyl sites for hydroxylation is 1. The molecule has 1 aromatic heterocycles. The number of methoxy groups -OCH3 is 1. The Morgan fingerprint density at radius 3 is 2.79 bits per heavy atom. The lowest BCUT2D eigenvalue weighted by molar-refractivity contribution is 0.145. The first kappa shape index (κ1) is 13.6. The average Bonchev–Trinajstić information content (AvgIpc) is 2.85. The van der Waals surface area contributed by atoms with Crippen LogP contribution < -0.4 is 10.5 Å². The lowest BCUT2D eigenvalue weighted by Crippen LogP contribution is -2.17. The van der Waals surface area contributed by atoms with Gasteiger partial charge < -0.3 is 19.8 Å². The number of hydrogen-bond acceptors (Lipinski definition) is 4. The highest BCUT2D eigenvalue weighted by molar-refractivity contribution is 5.39. The molecule has 0 bridgehead atoms. The average molecular weight is 261 g/mol. The van der Waals surface area contributed by atoms with Crippen LogP contribution in [-0.2, 0) is 11.8 Å². The van der Waals surface area contributed by atoms with Crippen LogP contribution in [0.5, 0.6) is 5.75 Å². The van der Waals surface area contributed by atoms with Gasteiger partial charge in [-0.05, 0) is 6.07 Å². The van der Waals surface area contributed by atoms with E-state index in [9.17, 15) is 0 Å². The molecule has 0 aliphatic carbocycles. The second-order valence-electron chi connectivity index (χ2n) is 4.29. The number of ether oxygens (including phenoxy) is 2. The molecule has 1 heterocycles. The topological polar surface area (TPSA) is 62.3 Å². The van der Waals surface area contributed by atoms with E-state index in [4.69, 9.17) is 15.2 Å². The lowest BCUT2D eigenvalue weighted by atomic mass is 10.0. The van der Waals surface area contributed by atoms with E-state index in [0.717, 1.165) is 17.0 Å². The van der Waals surface area contributed by atoms with Gasteiger partial charge in [0.05, 0.1) is 30.9 Å². The third kappa shape index (κ3) is 3.13. The molecule has 0 saturated heterocycles. The molecule has 0 amide bonds. The summed E-state index contributed by atoms with van der Waals surface area (Å²) in [6.45, 7) is 1.06. The van der Waals surface area contributed by atoms with E-state index in [-0.39, 0.29) is 6.04 Å². The summed E-state index contributed by atoms with van der Waals surface area (Å²) in [4.78, 5) is 4.10. The number of benzene rings is 1. The Bertz CT molecular complexity index is 525. The zero-order valence-electron chi connectivity index (χ0n) is 11.2. The molecule has 1 atom stereocenters. The first-order valence-electron chi connectivity index (χ1n) is 6.16. The Hall–Kier alpha value is -1.85.